The molecule has 28 heavy (non-hydrogen) atoms. The van der Waals surface area contributed by atoms with E-state index >= 15 is 0 Å². The van der Waals surface area contributed by atoms with E-state index in [4.69, 9.17) is 0 Å². The van der Waals surface area contributed by atoms with Crippen molar-refractivity contribution in [2.75, 3.05) is 45.0 Å². The van der Waals surface area contributed by atoms with E-state index in [9.17, 15) is 9.59 Å². The second-order valence-corrected chi connectivity index (χ2v) is 7.97. The van der Waals surface area contributed by atoms with Crippen LogP contribution in [0.3, 0.4) is 0 Å². The molecule has 148 valence electrons. The van der Waals surface area contributed by atoms with Gasteiger partial charge in [-0.3, -0.25) is 14.5 Å². The first-order valence-corrected chi connectivity index (χ1v) is 10.7. The van der Waals surface area contributed by atoms with E-state index in [2.05, 4.69) is 22.3 Å². The maximum atomic E-state index is 12.5. The number of rotatable bonds is 8. The molecule has 2 amide bonds. The summed E-state index contributed by atoms with van der Waals surface area (Å²) in [4.78, 5) is 29.8. The van der Waals surface area contributed by atoms with Gasteiger partial charge >= 0.3 is 0 Å². The molecule has 1 fully saturated rings. The van der Waals surface area contributed by atoms with Gasteiger partial charge < -0.3 is 10.2 Å². The molecule has 3 rings (SSSR count). The number of carbonyl (C=O) groups excluding carboxylic acids is 2. The number of piperazine rings is 1. The van der Waals surface area contributed by atoms with E-state index in [-0.39, 0.29) is 11.8 Å². The molecule has 0 aromatic heterocycles. The van der Waals surface area contributed by atoms with Gasteiger partial charge in [0.1, 0.15) is 0 Å². The van der Waals surface area contributed by atoms with E-state index in [1.165, 1.54) is 4.90 Å². The number of thioether (sulfide) groups is 1. The summed E-state index contributed by atoms with van der Waals surface area (Å²) in [5, 5.41) is 3.00. The Labute approximate surface area is 171 Å². The molecule has 1 saturated heterocycles. The van der Waals surface area contributed by atoms with Gasteiger partial charge in [0.05, 0.1) is 6.54 Å². The molecule has 0 unspecified atom stereocenters. The van der Waals surface area contributed by atoms with E-state index < -0.39 is 0 Å². The zero-order chi connectivity index (χ0) is 19.6. The van der Waals surface area contributed by atoms with Crippen molar-refractivity contribution in [2.45, 2.75) is 11.3 Å². The minimum atomic E-state index is 0.0625. The standard InChI is InChI=1S/C22H27N3O2S/c26-21(23-12-7-17-28-20-10-5-2-6-11-20)18-24-13-15-25(16-14-24)22(27)19-8-3-1-4-9-19/h1-6,8-11H,7,12-18H2,(H,23,26). The van der Waals surface area contributed by atoms with Crippen molar-refractivity contribution in [3.05, 3.63) is 66.2 Å². The van der Waals surface area contributed by atoms with Gasteiger partial charge in [-0.2, -0.15) is 0 Å². The summed E-state index contributed by atoms with van der Waals surface area (Å²) in [6.07, 6.45) is 0.949. The molecule has 0 aliphatic carbocycles. The third kappa shape index (κ3) is 6.39. The van der Waals surface area contributed by atoms with E-state index in [1.807, 2.05) is 65.2 Å². The summed E-state index contributed by atoms with van der Waals surface area (Å²) in [6.45, 7) is 3.89. The van der Waals surface area contributed by atoms with Gasteiger partial charge in [0.15, 0.2) is 0 Å². The summed E-state index contributed by atoms with van der Waals surface area (Å²) in [5.74, 6) is 1.12. The Morgan fingerprint density at radius 1 is 0.893 bits per heavy atom. The second-order valence-electron chi connectivity index (χ2n) is 6.80. The number of hydrogen-bond acceptors (Lipinski definition) is 4. The highest BCUT2D eigenvalue weighted by molar-refractivity contribution is 7.99. The fourth-order valence-corrected chi connectivity index (χ4v) is 4.01. The van der Waals surface area contributed by atoms with Gasteiger partial charge in [-0.15, -0.1) is 11.8 Å². The summed E-state index contributed by atoms with van der Waals surface area (Å²) in [6, 6.07) is 19.7. The van der Waals surface area contributed by atoms with Gasteiger partial charge in [-0.05, 0) is 36.4 Å². The minimum absolute atomic E-state index is 0.0625. The lowest BCUT2D eigenvalue weighted by molar-refractivity contribution is -0.122. The molecule has 1 aliphatic rings. The van der Waals surface area contributed by atoms with Crippen molar-refractivity contribution in [2.24, 2.45) is 0 Å². The van der Waals surface area contributed by atoms with Crippen LogP contribution in [0, 0.1) is 0 Å². The van der Waals surface area contributed by atoms with Crippen molar-refractivity contribution in [3.8, 4) is 0 Å². The molecule has 6 heteroatoms. The molecule has 1 aliphatic heterocycles. The van der Waals surface area contributed by atoms with Gasteiger partial charge in [0.2, 0.25) is 5.91 Å². The van der Waals surface area contributed by atoms with E-state index in [0.717, 1.165) is 30.8 Å². The smallest absolute Gasteiger partial charge is 0.253 e. The van der Waals surface area contributed by atoms with Crippen molar-refractivity contribution >= 4 is 23.6 Å². The van der Waals surface area contributed by atoms with Gasteiger partial charge in [0, 0.05) is 43.2 Å². The molecule has 0 radical (unpaired) electrons. The first kappa shape index (κ1) is 20.4. The quantitative estimate of drug-likeness (QED) is 0.550. The summed E-state index contributed by atoms with van der Waals surface area (Å²) in [7, 11) is 0. The number of hydrogen-bond donors (Lipinski definition) is 1. The van der Waals surface area contributed by atoms with Crippen molar-refractivity contribution in [1.82, 2.24) is 15.1 Å². The summed E-state index contributed by atoms with van der Waals surface area (Å²) in [5.41, 5.74) is 0.724. The van der Waals surface area contributed by atoms with Crippen LogP contribution in [0.15, 0.2) is 65.6 Å². The van der Waals surface area contributed by atoms with Crippen LogP contribution in [0.1, 0.15) is 16.8 Å². The highest BCUT2D eigenvalue weighted by atomic mass is 32.2. The molecule has 2 aromatic carbocycles. The Morgan fingerprint density at radius 2 is 1.54 bits per heavy atom. The number of benzene rings is 2. The third-order valence-corrected chi connectivity index (χ3v) is 5.80. The van der Waals surface area contributed by atoms with Crippen LogP contribution in [0.4, 0.5) is 0 Å². The molecule has 2 aromatic rings. The van der Waals surface area contributed by atoms with Crippen LogP contribution in [-0.4, -0.2) is 66.6 Å². The molecule has 0 atom stereocenters. The van der Waals surface area contributed by atoms with Crippen LogP contribution >= 0.6 is 11.8 Å². The SMILES string of the molecule is O=C(CN1CCN(C(=O)c2ccccc2)CC1)NCCCSc1ccccc1. The Balaban J connectivity index is 1.29. The second kappa shape index (κ2) is 10.9. The minimum Gasteiger partial charge on any atom is -0.355 e. The molecule has 0 bridgehead atoms. The lowest BCUT2D eigenvalue weighted by Gasteiger charge is -2.34. The van der Waals surface area contributed by atoms with Gasteiger partial charge in [-0.25, -0.2) is 0 Å². The van der Waals surface area contributed by atoms with Crippen LogP contribution in [-0.2, 0) is 4.79 Å². The highest BCUT2D eigenvalue weighted by Crippen LogP contribution is 2.17. The Bertz CT molecular complexity index is 747. The molecular weight excluding hydrogens is 370 g/mol. The van der Waals surface area contributed by atoms with Crippen molar-refractivity contribution in [1.29, 1.82) is 0 Å². The highest BCUT2D eigenvalue weighted by Gasteiger charge is 2.22. The predicted octanol–water partition coefficient (Wildman–Crippen LogP) is 2.74. The van der Waals surface area contributed by atoms with Crippen LogP contribution in [0.5, 0.6) is 0 Å². The van der Waals surface area contributed by atoms with Gasteiger partial charge in [0.25, 0.3) is 5.91 Å². The van der Waals surface area contributed by atoms with Crippen LogP contribution in [0.25, 0.3) is 0 Å². The topological polar surface area (TPSA) is 52.7 Å². The lowest BCUT2D eigenvalue weighted by Crippen LogP contribution is -2.51. The monoisotopic (exact) mass is 397 g/mol. The largest absolute Gasteiger partial charge is 0.355 e. The van der Waals surface area contributed by atoms with E-state index in [1.54, 1.807) is 0 Å². The number of nitrogens with zero attached hydrogens (tertiary/aromatic N) is 2. The van der Waals surface area contributed by atoms with E-state index in [0.29, 0.717) is 26.2 Å². The lowest BCUT2D eigenvalue weighted by atomic mass is 10.2. The number of nitrogens with one attached hydrogen (secondary N) is 1. The Morgan fingerprint density at radius 3 is 2.21 bits per heavy atom. The summed E-state index contributed by atoms with van der Waals surface area (Å²) < 4.78 is 0. The number of amides is 2. The zero-order valence-corrected chi connectivity index (χ0v) is 16.9. The Kier molecular flexibility index (Phi) is 7.94. The predicted molar refractivity (Wildman–Crippen MR) is 114 cm³/mol. The van der Waals surface area contributed by atoms with Crippen LogP contribution < -0.4 is 5.32 Å². The molecule has 1 N–H and O–H groups in total. The van der Waals surface area contributed by atoms with Crippen molar-refractivity contribution < 1.29 is 9.59 Å². The van der Waals surface area contributed by atoms with Crippen LogP contribution in [0.2, 0.25) is 0 Å². The molecule has 5 nitrogen and oxygen atoms in total. The maximum absolute atomic E-state index is 12.5. The van der Waals surface area contributed by atoms with Gasteiger partial charge in [-0.1, -0.05) is 36.4 Å². The first-order valence-electron chi connectivity index (χ1n) is 9.73. The average molecular weight is 398 g/mol. The average Bonchev–Trinajstić information content (AvgIpc) is 2.75. The normalized spacial score (nSPS) is 14.6. The maximum Gasteiger partial charge on any atom is 0.253 e. The first-order chi connectivity index (χ1) is 13.7. The van der Waals surface area contributed by atoms with Crippen molar-refractivity contribution in [3.63, 3.8) is 0 Å². The fourth-order valence-electron chi connectivity index (χ4n) is 3.14. The summed E-state index contributed by atoms with van der Waals surface area (Å²) >= 11 is 1.81. The fraction of sp³-hybridized carbons (Fsp3) is 0.364. The Hall–Kier alpha value is -2.31. The molecular formula is C22H27N3O2S. The zero-order valence-electron chi connectivity index (χ0n) is 16.0. The number of carbonyl (C=O) groups is 2. The third-order valence-electron chi connectivity index (χ3n) is 4.70. The molecule has 1 heterocycles. The molecule has 0 spiro atoms. The molecule has 0 saturated carbocycles.